The van der Waals surface area contributed by atoms with Crippen molar-refractivity contribution in [2.45, 2.75) is 51.1 Å². The summed E-state index contributed by atoms with van der Waals surface area (Å²) < 4.78 is 17.5. The van der Waals surface area contributed by atoms with Crippen LogP contribution in [-0.4, -0.2) is 27.5 Å². The van der Waals surface area contributed by atoms with Crippen molar-refractivity contribution in [3.05, 3.63) is 63.6 Å². The summed E-state index contributed by atoms with van der Waals surface area (Å²) in [6.45, 7) is 5.28. The molecular weight excluding hydrogens is 417 g/mol. The highest BCUT2D eigenvalue weighted by Crippen LogP contribution is 2.35. The van der Waals surface area contributed by atoms with Crippen molar-refractivity contribution in [2.24, 2.45) is 0 Å². The molecule has 28 heavy (non-hydrogen) atoms. The average molecular weight is 442 g/mol. The number of aryl methyl sites for hydroxylation is 1. The molecule has 0 aliphatic carbocycles. The van der Waals surface area contributed by atoms with E-state index in [9.17, 15) is 4.39 Å². The van der Waals surface area contributed by atoms with Gasteiger partial charge in [0.1, 0.15) is 11.6 Å². The van der Waals surface area contributed by atoms with E-state index in [-0.39, 0.29) is 5.82 Å². The minimum absolute atomic E-state index is 0.163. The Kier molecular flexibility index (Phi) is 4.76. The Bertz CT molecular complexity index is 1000. The predicted octanol–water partition coefficient (Wildman–Crippen LogP) is 5.82. The molecule has 0 amide bonds. The van der Waals surface area contributed by atoms with Gasteiger partial charge in [0.25, 0.3) is 0 Å². The molecule has 1 aromatic heterocycles. The van der Waals surface area contributed by atoms with Crippen molar-refractivity contribution in [1.29, 1.82) is 0 Å². The van der Waals surface area contributed by atoms with Gasteiger partial charge in [-0.3, -0.25) is 4.90 Å². The number of aromatic nitrogens is 2. The van der Waals surface area contributed by atoms with Crippen molar-refractivity contribution < 1.29 is 4.39 Å². The van der Waals surface area contributed by atoms with E-state index in [1.54, 1.807) is 12.1 Å². The van der Waals surface area contributed by atoms with Crippen molar-refractivity contribution in [1.82, 2.24) is 14.5 Å². The first-order chi connectivity index (χ1) is 13.6. The highest BCUT2D eigenvalue weighted by Gasteiger charge is 2.26. The molecule has 0 radical (unpaired) electrons. The van der Waals surface area contributed by atoms with E-state index in [1.807, 2.05) is 0 Å². The molecule has 0 bridgehead atoms. The van der Waals surface area contributed by atoms with Gasteiger partial charge in [-0.05, 0) is 80.9 Å². The highest BCUT2D eigenvalue weighted by atomic mass is 79.9. The van der Waals surface area contributed by atoms with E-state index in [1.165, 1.54) is 18.4 Å². The second-order valence-corrected chi connectivity index (χ2v) is 9.24. The second-order valence-electron chi connectivity index (χ2n) is 8.32. The molecule has 5 rings (SSSR count). The molecule has 0 spiro atoms. The van der Waals surface area contributed by atoms with E-state index in [4.69, 9.17) is 4.98 Å². The van der Waals surface area contributed by atoms with Gasteiger partial charge in [0.15, 0.2) is 0 Å². The third kappa shape index (κ3) is 3.29. The van der Waals surface area contributed by atoms with Gasteiger partial charge in [-0.15, -0.1) is 0 Å². The molecule has 3 aromatic rings. The molecule has 3 heterocycles. The molecule has 2 aliphatic heterocycles. The highest BCUT2D eigenvalue weighted by molar-refractivity contribution is 9.10. The number of rotatable bonds is 3. The number of nitrogens with zero attached hydrogens (tertiary/aromatic N) is 3. The van der Waals surface area contributed by atoms with Crippen LogP contribution in [0.15, 0.2) is 40.9 Å². The van der Waals surface area contributed by atoms with Gasteiger partial charge in [0.2, 0.25) is 0 Å². The van der Waals surface area contributed by atoms with Crippen molar-refractivity contribution >= 4 is 27.0 Å². The maximum atomic E-state index is 14.0. The van der Waals surface area contributed by atoms with Crippen molar-refractivity contribution in [3.63, 3.8) is 0 Å². The van der Waals surface area contributed by atoms with E-state index in [0.717, 1.165) is 59.4 Å². The van der Waals surface area contributed by atoms with E-state index >= 15 is 0 Å². The summed E-state index contributed by atoms with van der Waals surface area (Å²) in [4.78, 5) is 7.36. The Labute approximate surface area is 173 Å². The largest absolute Gasteiger partial charge is 0.324 e. The first-order valence-electron chi connectivity index (χ1n) is 10.3. The lowest BCUT2D eigenvalue weighted by Crippen LogP contribution is -2.33. The minimum atomic E-state index is -0.163. The van der Waals surface area contributed by atoms with Gasteiger partial charge in [0, 0.05) is 16.6 Å². The van der Waals surface area contributed by atoms with Crippen LogP contribution in [0.1, 0.15) is 55.1 Å². The lowest BCUT2D eigenvalue weighted by atomic mass is 9.89. The second kappa shape index (κ2) is 7.27. The predicted molar refractivity (Wildman–Crippen MR) is 114 cm³/mol. The third-order valence-electron chi connectivity index (χ3n) is 6.47. The molecule has 0 N–H and O–H groups in total. The summed E-state index contributed by atoms with van der Waals surface area (Å²) >= 11 is 3.52. The zero-order valence-corrected chi connectivity index (χ0v) is 17.8. The zero-order valence-electron chi connectivity index (χ0n) is 16.2. The molecule has 0 saturated carbocycles. The molecule has 1 atom stereocenters. The van der Waals surface area contributed by atoms with Crippen LogP contribution < -0.4 is 0 Å². The lowest BCUT2D eigenvalue weighted by Gasteiger charge is -2.33. The van der Waals surface area contributed by atoms with Gasteiger partial charge < -0.3 is 4.57 Å². The Morgan fingerprint density at radius 2 is 1.86 bits per heavy atom. The third-order valence-corrected chi connectivity index (χ3v) is 7.00. The number of likely N-dealkylation sites (tertiary alicyclic amines) is 1. The Morgan fingerprint density at radius 1 is 1.11 bits per heavy atom. The molecule has 1 unspecified atom stereocenters. The summed E-state index contributed by atoms with van der Waals surface area (Å²) in [5, 5.41) is 0. The zero-order chi connectivity index (χ0) is 19.3. The maximum absolute atomic E-state index is 14.0. The summed E-state index contributed by atoms with van der Waals surface area (Å²) in [5.74, 6) is 1.57. The smallest absolute Gasteiger partial charge is 0.125 e. The number of benzene rings is 2. The van der Waals surface area contributed by atoms with Crippen LogP contribution >= 0.6 is 15.9 Å². The van der Waals surface area contributed by atoms with E-state index in [0.29, 0.717) is 12.0 Å². The first kappa shape index (κ1) is 18.3. The first-order valence-corrected chi connectivity index (χ1v) is 11.0. The van der Waals surface area contributed by atoms with Gasteiger partial charge in [-0.25, -0.2) is 9.37 Å². The van der Waals surface area contributed by atoms with Crippen LogP contribution in [0, 0.1) is 5.82 Å². The number of piperidine rings is 1. The van der Waals surface area contributed by atoms with Gasteiger partial charge >= 0.3 is 0 Å². The minimum Gasteiger partial charge on any atom is -0.324 e. The molecule has 2 aliphatic rings. The summed E-state index contributed by atoms with van der Waals surface area (Å²) in [5.41, 5.74) is 4.53. The molecule has 2 aromatic carbocycles. The van der Waals surface area contributed by atoms with Crippen LogP contribution in [-0.2, 0) is 13.0 Å². The fourth-order valence-corrected chi connectivity index (χ4v) is 5.22. The van der Waals surface area contributed by atoms with Crippen LogP contribution in [0.4, 0.5) is 4.39 Å². The Balaban J connectivity index is 1.35. The standard InChI is InChI=1S/C23H25BrFN3/c1-15-2-3-18-12-20(25)13-21-23(18)28(15)22(26-21)14-27-10-8-17(9-11-27)16-4-6-19(24)7-5-16/h4-7,12-13,15,17H,2-3,8-11,14H2,1H3. The van der Waals surface area contributed by atoms with Crippen LogP contribution in [0.2, 0.25) is 0 Å². The van der Waals surface area contributed by atoms with E-state index < -0.39 is 0 Å². The number of imidazole rings is 1. The molecule has 146 valence electrons. The number of hydrogen-bond donors (Lipinski definition) is 0. The summed E-state index contributed by atoms with van der Waals surface area (Å²) in [6, 6.07) is 12.5. The molecular formula is C23H25BrFN3. The number of hydrogen-bond acceptors (Lipinski definition) is 2. The molecule has 1 fully saturated rings. The normalized spacial score (nSPS) is 20.8. The van der Waals surface area contributed by atoms with Crippen molar-refractivity contribution in [3.8, 4) is 0 Å². The summed E-state index contributed by atoms with van der Waals surface area (Å²) in [7, 11) is 0. The van der Waals surface area contributed by atoms with Crippen molar-refractivity contribution in [2.75, 3.05) is 13.1 Å². The van der Waals surface area contributed by atoms with Crippen LogP contribution in [0.3, 0.4) is 0 Å². The quantitative estimate of drug-likeness (QED) is 0.509. The molecule has 3 nitrogen and oxygen atoms in total. The van der Waals surface area contributed by atoms with Crippen LogP contribution in [0.5, 0.6) is 0 Å². The monoisotopic (exact) mass is 441 g/mol. The van der Waals surface area contributed by atoms with Crippen LogP contribution in [0.25, 0.3) is 11.0 Å². The van der Waals surface area contributed by atoms with E-state index in [2.05, 4.69) is 56.6 Å². The summed E-state index contributed by atoms with van der Waals surface area (Å²) in [6.07, 6.45) is 4.36. The number of halogens is 2. The topological polar surface area (TPSA) is 21.1 Å². The lowest BCUT2D eigenvalue weighted by molar-refractivity contribution is 0.196. The van der Waals surface area contributed by atoms with Gasteiger partial charge in [-0.1, -0.05) is 28.1 Å². The SMILES string of the molecule is CC1CCc2cc(F)cc3nc(CN4CCC(c5ccc(Br)cc5)CC4)n1c23. The fourth-order valence-electron chi connectivity index (χ4n) is 4.95. The van der Waals surface area contributed by atoms with Gasteiger partial charge in [-0.2, -0.15) is 0 Å². The fraction of sp³-hybridized carbons (Fsp3) is 0.435. The molecule has 5 heteroatoms. The molecule has 1 saturated heterocycles. The Morgan fingerprint density at radius 3 is 2.61 bits per heavy atom. The Hall–Kier alpha value is -1.72. The maximum Gasteiger partial charge on any atom is 0.125 e. The van der Waals surface area contributed by atoms with Gasteiger partial charge in [0.05, 0.1) is 17.6 Å². The average Bonchev–Trinajstić information content (AvgIpc) is 3.05.